The van der Waals surface area contributed by atoms with Gasteiger partial charge in [0.1, 0.15) is 0 Å². The lowest BCUT2D eigenvalue weighted by atomic mass is 10.0. The molecule has 0 aliphatic carbocycles. The normalized spacial score (nSPS) is 21.2. The molecule has 0 spiro atoms. The molecule has 1 heterocycles. The molecule has 2 rings (SSSR count). The molecular formula is C12H14ClNO2. The van der Waals surface area contributed by atoms with Crippen molar-refractivity contribution in [3.63, 3.8) is 0 Å². The van der Waals surface area contributed by atoms with Gasteiger partial charge in [0.2, 0.25) is 0 Å². The molecule has 1 fully saturated rings. The Morgan fingerprint density at radius 2 is 2.38 bits per heavy atom. The maximum Gasteiger partial charge on any atom is 0.317 e. The maximum absolute atomic E-state index is 10.7. The van der Waals surface area contributed by atoms with Crippen molar-refractivity contribution in [2.75, 3.05) is 13.1 Å². The van der Waals surface area contributed by atoms with Crippen LogP contribution < -0.4 is 0 Å². The highest BCUT2D eigenvalue weighted by Gasteiger charge is 2.27. The van der Waals surface area contributed by atoms with Crippen LogP contribution >= 0.6 is 11.6 Å². The van der Waals surface area contributed by atoms with E-state index in [2.05, 4.69) is 0 Å². The predicted molar refractivity (Wildman–Crippen MR) is 62.6 cm³/mol. The fourth-order valence-electron chi connectivity index (χ4n) is 2.28. The van der Waals surface area contributed by atoms with Gasteiger partial charge in [-0.1, -0.05) is 23.7 Å². The summed E-state index contributed by atoms with van der Waals surface area (Å²) in [6.45, 7) is 0.959. The molecule has 3 nitrogen and oxygen atoms in total. The Balaban J connectivity index is 2.16. The van der Waals surface area contributed by atoms with E-state index in [1.165, 1.54) is 0 Å². The van der Waals surface area contributed by atoms with Crippen molar-refractivity contribution in [2.24, 2.45) is 0 Å². The number of aliphatic carboxylic acids is 1. The van der Waals surface area contributed by atoms with E-state index in [0.717, 1.165) is 24.9 Å². The van der Waals surface area contributed by atoms with Crippen molar-refractivity contribution in [1.29, 1.82) is 0 Å². The minimum absolute atomic E-state index is 0.108. The van der Waals surface area contributed by atoms with Crippen LogP contribution in [-0.2, 0) is 4.79 Å². The van der Waals surface area contributed by atoms with E-state index in [1.807, 2.05) is 29.2 Å². The Hall–Kier alpha value is -1.06. The lowest BCUT2D eigenvalue weighted by Crippen LogP contribution is -2.29. The minimum Gasteiger partial charge on any atom is -0.480 e. The summed E-state index contributed by atoms with van der Waals surface area (Å²) < 4.78 is 0. The number of hydrogen-bond acceptors (Lipinski definition) is 2. The Morgan fingerprint density at radius 1 is 1.56 bits per heavy atom. The molecule has 0 radical (unpaired) electrons. The van der Waals surface area contributed by atoms with Crippen molar-refractivity contribution in [3.05, 3.63) is 34.9 Å². The van der Waals surface area contributed by atoms with E-state index >= 15 is 0 Å². The van der Waals surface area contributed by atoms with Crippen LogP contribution in [0.25, 0.3) is 0 Å². The van der Waals surface area contributed by atoms with E-state index in [9.17, 15) is 4.79 Å². The van der Waals surface area contributed by atoms with Crippen LogP contribution in [-0.4, -0.2) is 29.1 Å². The molecule has 1 aromatic carbocycles. The fraction of sp³-hybridized carbons (Fsp3) is 0.417. The zero-order valence-electron chi connectivity index (χ0n) is 8.90. The highest BCUT2D eigenvalue weighted by molar-refractivity contribution is 6.30. The van der Waals surface area contributed by atoms with Gasteiger partial charge in [-0.05, 0) is 37.1 Å². The van der Waals surface area contributed by atoms with Crippen LogP contribution in [0.3, 0.4) is 0 Å². The minimum atomic E-state index is -0.770. The predicted octanol–water partition coefficient (Wildman–Crippen LogP) is 2.56. The molecular weight excluding hydrogens is 226 g/mol. The van der Waals surface area contributed by atoms with Gasteiger partial charge in [0.25, 0.3) is 0 Å². The van der Waals surface area contributed by atoms with Gasteiger partial charge >= 0.3 is 5.97 Å². The quantitative estimate of drug-likeness (QED) is 0.881. The molecule has 86 valence electrons. The summed E-state index contributed by atoms with van der Waals surface area (Å²) >= 11 is 5.94. The lowest BCUT2D eigenvalue weighted by Gasteiger charge is -2.22. The van der Waals surface area contributed by atoms with Crippen molar-refractivity contribution in [2.45, 2.75) is 18.9 Å². The summed E-state index contributed by atoms with van der Waals surface area (Å²) in [5.74, 6) is -0.770. The van der Waals surface area contributed by atoms with Gasteiger partial charge < -0.3 is 5.11 Å². The summed E-state index contributed by atoms with van der Waals surface area (Å²) in [7, 11) is 0. The number of rotatable bonds is 3. The van der Waals surface area contributed by atoms with Crippen LogP contribution in [0.2, 0.25) is 5.02 Å². The number of nitrogens with zero attached hydrogens (tertiary/aromatic N) is 1. The molecule has 1 aromatic rings. The van der Waals surface area contributed by atoms with Crippen molar-refractivity contribution in [1.82, 2.24) is 4.90 Å². The summed E-state index contributed by atoms with van der Waals surface area (Å²) in [5, 5.41) is 9.53. The monoisotopic (exact) mass is 239 g/mol. The molecule has 16 heavy (non-hydrogen) atoms. The van der Waals surface area contributed by atoms with Crippen LogP contribution in [0, 0.1) is 0 Å². The first kappa shape index (κ1) is 11.4. The fourth-order valence-corrected chi connectivity index (χ4v) is 2.48. The number of carboxylic acids is 1. The van der Waals surface area contributed by atoms with Crippen LogP contribution in [0.1, 0.15) is 24.4 Å². The number of carbonyl (C=O) groups is 1. The van der Waals surface area contributed by atoms with E-state index in [4.69, 9.17) is 16.7 Å². The van der Waals surface area contributed by atoms with Crippen LogP contribution in [0.4, 0.5) is 0 Å². The van der Waals surface area contributed by atoms with Gasteiger partial charge in [-0.2, -0.15) is 0 Å². The van der Waals surface area contributed by atoms with E-state index in [-0.39, 0.29) is 12.6 Å². The SMILES string of the molecule is O=C(O)CN1CCCC1c1cccc(Cl)c1. The van der Waals surface area contributed by atoms with Gasteiger partial charge in [0.05, 0.1) is 6.54 Å². The molecule has 1 unspecified atom stereocenters. The zero-order chi connectivity index (χ0) is 11.5. The first-order valence-corrected chi connectivity index (χ1v) is 5.76. The van der Waals surface area contributed by atoms with Gasteiger partial charge in [-0.15, -0.1) is 0 Å². The van der Waals surface area contributed by atoms with Gasteiger partial charge in [0, 0.05) is 11.1 Å². The third-order valence-corrected chi connectivity index (χ3v) is 3.17. The van der Waals surface area contributed by atoms with E-state index < -0.39 is 5.97 Å². The molecule has 0 bridgehead atoms. The van der Waals surface area contributed by atoms with Gasteiger partial charge in [-0.3, -0.25) is 9.69 Å². The van der Waals surface area contributed by atoms with Crippen molar-refractivity contribution < 1.29 is 9.90 Å². The average Bonchev–Trinajstić information content (AvgIpc) is 2.65. The summed E-state index contributed by atoms with van der Waals surface area (Å²) in [6, 6.07) is 7.88. The summed E-state index contributed by atoms with van der Waals surface area (Å²) in [4.78, 5) is 12.7. The second-order valence-corrected chi connectivity index (χ2v) is 4.51. The largest absolute Gasteiger partial charge is 0.480 e. The molecule has 4 heteroatoms. The molecule has 1 N–H and O–H groups in total. The van der Waals surface area contributed by atoms with Crippen molar-refractivity contribution >= 4 is 17.6 Å². The molecule has 1 aliphatic rings. The van der Waals surface area contributed by atoms with Gasteiger partial charge in [-0.25, -0.2) is 0 Å². The standard InChI is InChI=1S/C12H14ClNO2/c13-10-4-1-3-9(7-10)11-5-2-6-14(11)8-12(15)16/h1,3-4,7,11H,2,5-6,8H2,(H,15,16). The molecule has 1 saturated heterocycles. The third kappa shape index (κ3) is 2.54. The Labute approximate surface area is 99.6 Å². The lowest BCUT2D eigenvalue weighted by molar-refractivity contribution is -0.138. The summed E-state index contributed by atoms with van der Waals surface area (Å²) in [6.07, 6.45) is 2.05. The maximum atomic E-state index is 10.7. The molecule has 1 aliphatic heterocycles. The average molecular weight is 240 g/mol. The number of halogens is 1. The van der Waals surface area contributed by atoms with E-state index in [1.54, 1.807) is 0 Å². The van der Waals surface area contributed by atoms with E-state index in [0.29, 0.717) is 5.02 Å². The van der Waals surface area contributed by atoms with Crippen LogP contribution in [0.15, 0.2) is 24.3 Å². The molecule has 0 aromatic heterocycles. The Bertz CT molecular complexity index is 394. The number of carboxylic acid groups (broad SMARTS) is 1. The van der Waals surface area contributed by atoms with Gasteiger partial charge in [0.15, 0.2) is 0 Å². The molecule has 0 amide bonds. The third-order valence-electron chi connectivity index (χ3n) is 2.94. The van der Waals surface area contributed by atoms with Crippen LogP contribution in [0.5, 0.6) is 0 Å². The second-order valence-electron chi connectivity index (χ2n) is 4.08. The highest BCUT2D eigenvalue weighted by Crippen LogP contribution is 2.32. The first-order chi connectivity index (χ1) is 7.66. The number of benzene rings is 1. The van der Waals surface area contributed by atoms with Crippen molar-refractivity contribution in [3.8, 4) is 0 Å². The molecule has 1 atom stereocenters. The topological polar surface area (TPSA) is 40.5 Å². The smallest absolute Gasteiger partial charge is 0.317 e. The number of likely N-dealkylation sites (tertiary alicyclic amines) is 1. The molecule has 0 saturated carbocycles. The number of hydrogen-bond donors (Lipinski definition) is 1. The Kier molecular flexibility index (Phi) is 3.46. The zero-order valence-corrected chi connectivity index (χ0v) is 9.65. The highest BCUT2D eigenvalue weighted by atomic mass is 35.5. The first-order valence-electron chi connectivity index (χ1n) is 5.38. The Morgan fingerprint density at radius 3 is 3.06 bits per heavy atom. The second kappa shape index (κ2) is 4.85. The summed E-state index contributed by atoms with van der Waals surface area (Å²) in [5.41, 5.74) is 1.12.